The summed E-state index contributed by atoms with van der Waals surface area (Å²) in [6.07, 6.45) is 0.812. The van der Waals surface area contributed by atoms with Crippen LogP contribution in [0.1, 0.15) is 13.8 Å². The molecule has 0 amide bonds. The van der Waals surface area contributed by atoms with Crippen LogP contribution in [0.4, 0.5) is 0 Å². The molecule has 0 rings (SSSR count). The van der Waals surface area contributed by atoms with Gasteiger partial charge in [0.15, 0.2) is 24.7 Å². The summed E-state index contributed by atoms with van der Waals surface area (Å²) in [4.78, 5) is 30.2. The van der Waals surface area contributed by atoms with E-state index in [9.17, 15) is 4.57 Å². The van der Waals surface area contributed by atoms with Crippen LogP contribution < -0.4 is 0 Å². The van der Waals surface area contributed by atoms with E-state index in [1.54, 1.807) is 13.8 Å². The van der Waals surface area contributed by atoms with Crippen molar-refractivity contribution in [3.8, 4) is 0 Å². The molecule has 0 saturated heterocycles. The van der Waals surface area contributed by atoms with Crippen LogP contribution in [0.5, 0.6) is 0 Å². The molecule has 82 valence electrons. The van der Waals surface area contributed by atoms with E-state index in [1.807, 2.05) is 0 Å². The van der Waals surface area contributed by atoms with Gasteiger partial charge in [0, 0.05) is 12.3 Å². The molecule has 0 aromatic rings. The molecule has 0 saturated carbocycles. The summed E-state index contributed by atoms with van der Waals surface area (Å²) in [5.41, 5.74) is 0. The highest BCUT2D eigenvalue weighted by atomic mass is 31.2. The lowest BCUT2D eigenvalue weighted by atomic mass is 11.0. The zero-order chi connectivity index (χ0) is 10.4. The molecule has 6 nitrogen and oxygen atoms in total. The van der Waals surface area contributed by atoms with Crippen molar-refractivity contribution in [2.24, 2.45) is 0 Å². The third-order valence-electron chi connectivity index (χ3n) is 0.988. The Morgan fingerprint density at radius 1 is 0.923 bits per heavy atom. The molecule has 0 spiro atoms. The standard InChI is InChI=1S/C4H11O2P.Al.H3O4P.3H/c1-3-7(5,6)4-2;;1-5(2,3)4;;;/h3-4H2,1-2H3,(H,5,6);;(H3,1,2,3,4);;;. The fourth-order valence-electron chi connectivity index (χ4n) is 0.224. The van der Waals surface area contributed by atoms with Gasteiger partial charge in [-0.3, -0.25) is 4.57 Å². The van der Waals surface area contributed by atoms with Crippen LogP contribution in [-0.4, -0.2) is 49.3 Å². The average molecular weight is 250 g/mol. The summed E-state index contributed by atoms with van der Waals surface area (Å²) in [5.74, 6) is 0. The van der Waals surface area contributed by atoms with Crippen LogP contribution in [0.15, 0.2) is 0 Å². The van der Waals surface area contributed by atoms with Gasteiger partial charge in [-0.15, -0.1) is 0 Å². The summed E-state index contributed by atoms with van der Waals surface area (Å²) >= 11 is 0. The Labute approximate surface area is 87.8 Å². The summed E-state index contributed by atoms with van der Waals surface area (Å²) in [7, 11) is -7.29. The average Bonchev–Trinajstić information content (AvgIpc) is 1.85. The summed E-state index contributed by atoms with van der Waals surface area (Å²) in [6.45, 7) is 3.45. The van der Waals surface area contributed by atoms with E-state index in [0.717, 1.165) is 0 Å². The van der Waals surface area contributed by atoms with Crippen molar-refractivity contribution in [1.29, 1.82) is 0 Å². The van der Waals surface area contributed by atoms with Crippen LogP contribution in [0.2, 0.25) is 0 Å². The first-order valence-electron chi connectivity index (χ1n) is 3.21. The van der Waals surface area contributed by atoms with Crippen molar-refractivity contribution in [2.75, 3.05) is 12.3 Å². The fourth-order valence-corrected chi connectivity index (χ4v) is 0.671. The summed E-state index contributed by atoms with van der Waals surface area (Å²) in [6, 6.07) is 0. The van der Waals surface area contributed by atoms with E-state index in [-0.39, 0.29) is 17.4 Å². The third-order valence-corrected chi connectivity index (χ3v) is 2.96. The molecule has 9 heteroatoms. The van der Waals surface area contributed by atoms with Crippen LogP contribution in [0.25, 0.3) is 0 Å². The van der Waals surface area contributed by atoms with Gasteiger partial charge in [-0.2, -0.15) is 0 Å². The zero-order valence-corrected chi connectivity index (χ0v) is 8.70. The smallest absolute Gasteiger partial charge is 0.344 e. The van der Waals surface area contributed by atoms with E-state index < -0.39 is 15.2 Å². The van der Waals surface area contributed by atoms with Gasteiger partial charge in [0.05, 0.1) is 0 Å². The maximum atomic E-state index is 10.5. The highest BCUT2D eigenvalue weighted by molar-refractivity contribution is 7.57. The zero-order valence-electron chi connectivity index (χ0n) is 6.91. The number of phosphoric acid groups is 1. The molecule has 0 heterocycles. The first kappa shape index (κ1) is 19.4. The molecule has 0 bridgehead atoms. The highest BCUT2D eigenvalue weighted by Gasteiger charge is 2.08. The minimum absolute atomic E-state index is 0. The summed E-state index contributed by atoms with van der Waals surface area (Å²) in [5, 5.41) is 0. The van der Waals surface area contributed by atoms with Gasteiger partial charge in [-0.1, -0.05) is 13.8 Å². The topological polar surface area (TPSA) is 115 Å². The summed E-state index contributed by atoms with van der Waals surface area (Å²) < 4.78 is 19.4. The van der Waals surface area contributed by atoms with Crippen LogP contribution in [0.3, 0.4) is 0 Å². The molecule has 0 aliphatic heterocycles. The molecule has 0 unspecified atom stereocenters. The minimum Gasteiger partial charge on any atom is -0.344 e. The predicted molar refractivity (Wildman–Crippen MR) is 55.1 cm³/mol. The number of hydrogen-bond donors (Lipinski definition) is 4. The largest absolute Gasteiger partial charge is 0.466 e. The van der Waals surface area contributed by atoms with Crippen LogP contribution in [-0.2, 0) is 9.13 Å². The van der Waals surface area contributed by atoms with Gasteiger partial charge >= 0.3 is 7.82 Å². The maximum Gasteiger partial charge on any atom is 0.466 e. The molecule has 13 heavy (non-hydrogen) atoms. The van der Waals surface area contributed by atoms with Gasteiger partial charge < -0.3 is 19.6 Å². The second-order valence-corrected chi connectivity index (χ2v) is 5.98. The monoisotopic (exact) mass is 250 g/mol. The Kier molecular flexibility index (Phi) is 12.2. The van der Waals surface area contributed by atoms with E-state index in [0.29, 0.717) is 12.3 Å². The van der Waals surface area contributed by atoms with Crippen molar-refractivity contribution in [3.63, 3.8) is 0 Å². The number of hydrogen-bond acceptors (Lipinski definition) is 2. The van der Waals surface area contributed by atoms with Crippen molar-refractivity contribution in [2.45, 2.75) is 13.8 Å². The van der Waals surface area contributed by atoms with E-state index in [1.165, 1.54) is 0 Å². The molecular formula is C4H17AlO6P2. The normalized spacial score (nSPS) is 10.9. The third kappa shape index (κ3) is 32.3. The molecule has 0 aliphatic carbocycles. The predicted octanol–water partition coefficient (Wildman–Crippen LogP) is -0.816. The van der Waals surface area contributed by atoms with Crippen molar-refractivity contribution < 1.29 is 28.7 Å². The molecular weight excluding hydrogens is 233 g/mol. The Bertz CT molecular complexity index is 185. The minimum atomic E-state index is -4.64. The number of rotatable bonds is 2. The van der Waals surface area contributed by atoms with Gasteiger partial charge in [0.25, 0.3) is 0 Å². The fraction of sp³-hybridized carbons (Fsp3) is 1.00. The Morgan fingerprint density at radius 2 is 1.08 bits per heavy atom. The van der Waals surface area contributed by atoms with Crippen LogP contribution >= 0.6 is 15.2 Å². The lowest BCUT2D eigenvalue weighted by Gasteiger charge is -2.01. The SMILES string of the molecule is CCP(=O)(O)CC.O=P(O)(O)O.[AlH3]. The quantitative estimate of drug-likeness (QED) is 0.376. The molecule has 0 aliphatic rings. The second kappa shape index (κ2) is 8.17. The van der Waals surface area contributed by atoms with Gasteiger partial charge in [-0.25, -0.2) is 4.57 Å². The Balaban J connectivity index is -0.000000150. The molecule has 0 aromatic heterocycles. The van der Waals surface area contributed by atoms with Crippen molar-refractivity contribution in [1.82, 2.24) is 0 Å². The first-order valence-corrected chi connectivity index (χ1v) is 6.81. The van der Waals surface area contributed by atoms with Gasteiger partial charge in [-0.05, 0) is 0 Å². The highest BCUT2D eigenvalue weighted by Crippen LogP contribution is 2.38. The Morgan fingerprint density at radius 3 is 1.08 bits per heavy atom. The second-order valence-electron chi connectivity index (χ2n) is 1.99. The van der Waals surface area contributed by atoms with E-state index in [4.69, 9.17) is 24.1 Å². The van der Waals surface area contributed by atoms with E-state index >= 15 is 0 Å². The van der Waals surface area contributed by atoms with Crippen molar-refractivity contribution in [3.05, 3.63) is 0 Å². The molecule has 0 radical (unpaired) electrons. The molecule has 0 atom stereocenters. The van der Waals surface area contributed by atoms with Crippen molar-refractivity contribution >= 4 is 32.6 Å². The van der Waals surface area contributed by atoms with Crippen LogP contribution in [0, 0.1) is 0 Å². The van der Waals surface area contributed by atoms with Gasteiger partial charge in [0.2, 0.25) is 0 Å². The first-order chi connectivity index (χ1) is 5.12. The molecule has 0 aromatic carbocycles. The lowest BCUT2D eigenvalue weighted by molar-refractivity contribution is 0.275. The molecule has 4 N–H and O–H groups in total. The molecule has 0 fully saturated rings. The maximum absolute atomic E-state index is 10.5. The van der Waals surface area contributed by atoms with E-state index in [2.05, 4.69) is 0 Å². The van der Waals surface area contributed by atoms with Gasteiger partial charge in [0.1, 0.15) is 0 Å². The Hall–Kier alpha value is 0.832. The lowest BCUT2D eigenvalue weighted by Crippen LogP contribution is -1.84.